The molecule has 1 atom stereocenters. The Labute approximate surface area is 262 Å². The maximum absolute atomic E-state index is 12.2. The molecule has 1 N–H and O–H groups in total. The summed E-state index contributed by atoms with van der Waals surface area (Å²) in [6.45, 7) is 9.11. The molecule has 8 nitrogen and oxygen atoms in total. The molecule has 1 aliphatic carbocycles. The molecule has 0 amide bonds. The molecule has 2 aromatic heterocycles. The predicted octanol–water partition coefficient (Wildman–Crippen LogP) is 6.11. The van der Waals surface area contributed by atoms with E-state index in [1.54, 1.807) is 11.8 Å². The van der Waals surface area contributed by atoms with Crippen LogP contribution in [0.4, 0.5) is 0 Å². The fourth-order valence-electron chi connectivity index (χ4n) is 6.72. The molecule has 1 saturated heterocycles. The third-order valence-electron chi connectivity index (χ3n) is 9.38. The number of carbonyl (C=O) groups is 1. The number of hydrogen-bond donors (Lipinski definition) is 1. The first-order chi connectivity index (χ1) is 21.1. The fraction of sp³-hybridized carbons (Fsp3) is 0.583. The zero-order valence-corrected chi connectivity index (χ0v) is 27.2. The summed E-state index contributed by atoms with van der Waals surface area (Å²) >= 11 is 0. The summed E-state index contributed by atoms with van der Waals surface area (Å²) in [6.07, 6.45) is 7.66. The fourth-order valence-corrected chi connectivity index (χ4v) is 6.72. The molecule has 0 saturated carbocycles. The van der Waals surface area contributed by atoms with E-state index in [0.717, 1.165) is 49.1 Å². The largest absolute Gasteiger partial charge is 0.481 e. The van der Waals surface area contributed by atoms with Crippen molar-refractivity contribution < 1.29 is 24.1 Å². The number of fused-ring (bicyclic) bond motifs is 1. The molecule has 8 heteroatoms. The van der Waals surface area contributed by atoms with Gasteiger partial charge in [-0.05, 0) is 84.6 Å². The van der Waals surface area contributed by atoms with Crippen LogP contribution in [0.2, 0.25) is 0 Å². The second kappa shape index (κ2) is 13.8. The highest BCUT2D eigenvalue weighted by Gasteiger charge is 2.36. The second-order valence-corrected chi connectivity index (χ2v) is 13.7. The van der Waals surface area contributed by atoms with Crippen molar-refractivity contribution in [1.82, 2.24) is 14.8 Å². The molecule has 5 rings (SSSR count). The van der Waals surface area contributed by atoms with Crippen LogP contribution in [0.25, 0.3) is 0 Å². The zero-order chi connectivity index (χ0) is 31.3. The van der Waals surface area contributed by atoms with E-state index in [-0.39, 0.29) is 23.2 Å². The van der Waals surface area contributed by atoms with Crippen LogP contribution in [-0.4, -0.2) is 59.4 Å². The van der Waals surface area contributed by atoms with Gasteiger partial charge in [-0.15, -0.1) is 0 Å². The lowest BCUT2D eigenvalue weighted by Crippen LogP contribution is -2.38. The van der Waals surface area contributed by atoms with Gasteiger partial charge in [-0.25, -0.2) is 4.68 Å². The standard InChI is InChI=1S/C36H49N3O5/c1-35(2,3)28-18-26(19-29(22-28)36(24-42-5)13-16-43-17-14-36)27(21-34(40)41)20-31-23-33(39(4)38-31)44-15-12-30-11-10-25-8-6-7-9-32(25)37-30/h10-11,18-19,22-23,27H,6-9,12-17,20-21,24H2,1-5H3,(H,40,41). The molecule has 3 aromatic rings. The summed E-state index contributed by atoms with van der Waals surface area (Å²) < 4.78 is 19.4. The van der Waals surface area contributed by atoms with Gasteiger partial charge < -0.3 is 19.3 Å². The minimum atomic E-state index is -0.819. The van der Waals surface area contributed by atoms with E-state index in [2.05, 4.69) is 51.1 Å². The molecule has 1 aromatic carbocycles. The molecule has 1 aliphatic heterocycles. The smallest absolute Gasteiger partial charge is 0.303 e. The van der Waals surface area contributed by atoms with Crippen molar-refractivity contribution in [3.05, 3.63) is 75.7 Å². The molecule has 44 heavy (non-hydrogen) atoms. The Morgan fingerprint density at radius 1 is 1.09 bits per heavy atom. The van der Waals surface area contributed by atoms with Gasteiger partial charge in [0.1, 0.15) is 0 Å². The van der Waals surface area contributed by atoms with Crippen molar-refractivity contribution in [3.8, 4) is 5.88 Å². The van der Waals surface area contributed by atoms with E-state index >= 15 is 0 Å². The monoisotopic (exact) mass is 603 g/mol. The summed E-state index contributed by atoms with van der Waals surface area (Å²) in [5.74, 6) is -0.381. The number of carboxylic acid groups (broad SMARTS) is 1. The number of aryl methyl sites for hydroxylation is 3. The third-order valence-corrected chi connectivity index (χ3v) is 9.38. The van der Waals surface area contributed by atoms with E-state index in [9.17, 15) is 9.90 Å². The molecule has 1 unspecified atom stereocenters. The number of aromatic nitrogens is 3. The predicted molar refractivity (Wildman–Crippen MR) is 171 cm³/mol. The lowest BCUT2D eigenvalue weighted by atomic mass is 9.71. The van der Waals surface area contributed by atoms with E-state index < -0.39 is 5.97 Å². The number of nitrogens with zero attached hydrogens (tertiary/aromatic N) is 3. The molecule has 1 fully saturated rings. The second-order valence-electron chi connectivity index (χ2n) is 13.7. The number of hydrogen-bond acceptors (Lipinski definition) is 6. The molecule has 2 aliphatic rings. The number of ether oxygens (including phenoxy) is 3. The Balaban J connectivity index is 1.36. The summed E-state index contributed by atoms with van der Waals surface area (Å²) in [5.41, 5.74) is 7.68. The molecule has 238 valence electrons. The normalized spacial score (nSPS) is 17.2. The topological polar surface area (TPSA) is 95.7 Å². The number of benzene rings is 1. The zero-order valence-electron chi connectivity index (χ0n) is 27.2. The maximum Gasteiger partial charge on any atom is 0.303 e. The van der Waals surface area contributed by atoms with Gasteiger partial charge >= 0.3 is 5.97 Å². The number of pyridine rings is 1. The van der Waals surface area contributed by atoms with Crippen LogP contribution < -0.4 is 4.74 Å². The van der Waals surface area contributed by atoms with E-state index in [4.69, 9.17) is 24.3 Å². The van der Waals surface area contributed by atoms with Crippen LogP contribution in [-0.2, 0) is 57.8 Å². The van der Waals surface area contributed by atoms with Crippen LogP contribution in [0.15, 0.2) is 36.4 Å². The van der Waals surface area contributed by atoms with Crippen molar-refractivity contribution in [1.29, 1.82) is 0 Å². The molecule has 3 heterocycles. The maximum atomic E-state index is 12.2. The Bertz CT molecular complexity index is 1430. The van der Waals surface area contributed by atoms with Crippen molar-refractivity contribution in [2.24, 2.45) is 7.05 Å². The van der Waals surface area contributed by atoms with Crippen LogP contribution in [0.1, 0.15) is 98.1 Å². The lowest BCUT2D eigenvalue weighted by molar-refractivity contribution is -0.137. The van der Waals surface area contributed by atoms with Crippen molar-refractivity contribution in [2.45, 2.75) is 95.3 Å². The summed E-state index contributed by atoms with van der Waals surface area (Å²) in [4.78, 5) is 17.0. The van der Waals surface area contributed by atoms with Gasteiger partial charge in [0.25, 0.3) is 0 Å². The van der Waals surface area contributed by atoms with Gasteiger partial charge in [0.15, 0.2) is 0 Å². The minimum Gasteiger partial charge on any atom is -0.481 e. The number of methoxy groups -OCH3 is 1. The number of rotatable bonds is 12. The van der Waals surface area contributed by atoms with E-state index in [1.807, 2.05) is 13.1 Å². The SMILES string of the molecule is COCC1(c2cc(C(CC(=O)O)Cc3cc(OCCc4ccc5c(n4)CCCC5)n(C)n3)cc(C(C)(C)C)c2)CCOCC1. The van der Waals surface area contributed by atoms with Gasteiger partial charge in [0.2, 0.25) is 5.88 Å². The first-order valence-electron chi connectivity index (χ1n) is 16.1. The quantitative estimate of drug-likeness (QED) is 0.267. The van der Waals surface area contributed by atoms with Gasteiger partial charge in [-0.2, -0.15) is 5.10 Å². The van der Waals surface area contributed by atoms with Crippen molar-refractivity contribution in [2.75, 3.05) is 33.5 Å². The minimum absolute atomic E-state index is 0.0180. The van der Waals surface area contributed by atoms with Crippen LogP contribution in [0.3, 0.4) is 0 Å². The summed E-state index contributed by atoms with van der Waals surface area (Å²) in [7, 11) is 3.63. The van der Waals surface area contributed by atoms with E-state index in [1.165, 1.54) is 35.2 Å². The first kappa shape index (κ1) is 32.2. The summed E-state index contributed by atoms with van der Waals surface area (Å²) in [5, 5.41) is 14.7. The van der Waals surface area contributed by atoms with Gasteiger partial charge in [-0.3, -0.25) is 9.78 Å². The van der Waals surface area contributed by atoms with Crippen molar-refractivity contribution >= 4 is 5.97 Å². The van der Waals surface area contributed by atoms with E-state index in [0.29, 0.717) is 38.7 Å². The van der Waals surface area contributed by atoms with Crippen LogP contribution in [0, 0.1) is 0 Å². The van der Waals surface area contributed by atoms with Gasteiger partial charge in [0.05, 0.1) is 25.3 Å². The Kier molecular flexibility index (Phi) is 10.1. The van der Waals surface area contributed by atoms with Crippen LogP contribution in [0.5, 0.6) is 5.88 Å². The first-order valence-corrected chi connectivity index (χ1v) is 16.1. The Hall–Kier alpha value is -3.23. The highest BCUT2D eigenvalue weighted by atomic mass is 16.5. The lowest BCUT2D eigenvalue weighted by Gasteiger charge is -2.38. The summed E-state index contributed by atoms with van der Waals surface area (Å²) in [6, 6.07) is 13.0. The number of aliphatic carboxylic acids is 1. The average Bonchev–Trinajstić information content (AvgIpc) is 3.34. The van der Waals surface area contributed by atoms with Gasteiger partial charge in [-0.1, -0.05) is 45.0 Å². The average molecular weight is 604 g/mol. The molecular weight excluding hydrogens is 554 g/mol. The molecule has 0 spiro atoms. The Morgan fingerprint density at radius 2 is 1.86 bits per heavy atom. The molecule has 0 bridgehead atoms. The third kappa shape index (κ3) is 7.70. The number of carboxylic acids is 1. The van der Waals surface area contributed by atoms with Crippen LogP contribution >= 0.6 is 0 Å². The molecule has 0 radical (unpaired) electrons. The highest BCUT2D eigenvalue weighted by Crippen LogP contribution is 2.40. The van der Waals surface area contributed by atoms with Gasteiger partial charge in [0, 0.05) is 56.7 Å². The Morgan fingerprint density at radius 3 is 2.59 bits per heavy atom. The van der Waals surface area contributed by atoms with Crippen molar-refractivity contribution in [3.63, 3.8) is 0 Å². The molecular formula is C36H49N3O5. The highest BCUT2D eigenvalue weighted by molar-refractivity contribution is 5.68.